The van der Waals surface area contributed by atoms with Gasteiger partial charge >= 0.3 is 11.9 Å². The Kier molecular flexibility index (Phi) is 8.07. The molecule has 1 aromatic heterocycles. The molecule has 39 heavy (non-hydrogen) atoms. The van der Waals surface area contributed by atoms with Gasteiger partial charge in [-0.2, -0.15) is 18.2 Å². The third-order valence-electron chi connectivity index (χ3n) is 6.64. The quantitative estimate of drug-likeness (QED) is 0.256. The molecule has 0 aliphatic carbocycles. The number of benzene rings is 2. The Morgan fingerprint density at radius 1 is 1.15 bits per heavy atom. The number of alkyl halides is 3. The Morgan fingerprint density at radius 2 is 1.90 bits per heavy atom. The third kappa shape index (κ3) is 5.47. The van der Waals surface area contributed by atoms with Crippen LogP contribution in [0.2, 0.25) is 5.02 Å². The van der Waals surface area contributed by atoms with E-state index in [1.807, 2.05) is 0 Å². The second-order valence-electron chi connectivity index (χ2n) is 9.13. The number of ether oxygens (including phenoxy) is 2. The summed E-state index contributed by atoms with van der Waals surface area (Å²) in [6.07, 6.45) is -5.50. The number of methoxy groups -OCH3 is 1. The van der Waals surface area contributed by atoms with Crippen molar-refractivity contribution in [3.05, 3.63) is 50.9 Å². The lowest BCUT2D eigenvalue weighted by molar-refractivity contribution is -0.137. The first kappa shape index (κ1) is 28.1. The lowest BCUT2D eigenvalue weighted by Crippen LogP contribution is -2.45. The minimum atomic E-state index is -4.92. The number of rotatable bonds is 6. The highest BCUT2D eigenvalue weighted by molar-refractivity contribution is 7.99. The molecule has 0 spiro atoms. The van der Waals surface area contributed by atoms with E-state index in [4.69, 9.17) is 21.1 Å². The Labute approximate surface area is 229 Å². The molecule has 1 unspecified atom stereocenters. The largest absolute Gasteiger partial charge is 0.417 e. The van der Waals surface area contributed by atoms with Gasteiger partial charge in [0.25, 0.3) is 0 Å². The SMILES string of the molecule is COCCOC1CSc2c(-c3cc(Cl)c(F)cc3F)c(C(F)(F)F)cc3c(N4CCNCC4)nc(=O)n(c23)C1. The van der Waals surface area contributed by atoms with Crippen LogP contribution in [-0.4, -0.2) is 67.9 Å². The molecule has 0 saturated carbocycles. The second kappa shape index (κ2) is 11.2. The number of aromatic nitrogens is 2. The van der Waals surface area contributed by atoms with Crippen LogP contribution in [0, 0.1) is 11.6 Å². The average Bonchev–Trinajstić information content (AvgIpc) is 3.09. The molecule has 1 atom stereocenters. The smallest absolute Gasteiger partial charge is 0.382 e. The van der Waals surface area contributed by atoms with E-state index in [0.717, 1.165) is 23.9 Å². The predicted molar refractivity (Wildman–Crippen MR) is 139 cm³/mol. The van der Waals surface area contributed by atoms with E-state index in [9.17, 15) is 22.4 Å². The molecule has 7 nitrogen and oxygen atoms in total. The zero-order valence-electron chi connectivity index (χ0n) is 20.7. The van der Waals surface area contributed by atoms with Gasteiger partial charge in [-0.15, -0.1) is 11.8 Å². The van der Waals surface area contributed by atoms with Gasteiger partial charge in [-0.3, -0.25) is 4.57 Å². The first-order chi connectivity index (χ1) is 18.6. The van der Waals surface area contributed by atoms with Crippen molar-refractivity contribution in [3.63, 3.8) is 0 Å². The lowest BCUT2D eigenvalue weighted by Gasteiger charge is -2.30. The molecule has 2 aliphatic heterocycles. The molecule has 0 radical (unpaired) electrons. The van der Waals surface area contributed by atoms with Crippen molar-refractivity contribution >= 4 is 40.1 Å². The monoisotopic (exact) mass is 590 g/mol. The lowest BCUT2D eigenvalue weighted by atomic mass is 9.95. The molecule has 0 amide bonds. The van der Waals surface area contributed by atoms with Gasteiger partial charge in [0.1, 0.15) is 17.5 Å². The number of thioether (sulfide) groups is 1. The van der Waals surface area contributed by atoms with E-state index in [2.05, 4.69) is 10.3 Å². The first-order valence-corrected chi connectivity index (χ1v) is 13.5. The molecule has 14 heteroatoms. The number of nitrogens with zero attached hydrogens (tertiary/aromatic N) is 3. The topological polar surface area (TPSA) is 68.6 Å². The van der Waals surface area contributed by atoms with E-state index in [0.29, 0.717) is 32.2 Å². The summed E-state index contributed by atoms with van der Waals surface area (Å²) in [6, 6.07) is 2.20. The number of halogens is 6. The van der Waals surface area contributed by atoms with E-state index < -0.39 is 51.3 Å². The highest BCUT2D eigenvalue weighted by atomic mass is 35.5. The van der Waals surface area contributed by atoms with Crippen molar-refractivity contribution in [2.24, 2.45) is 0 Å². The van der Waals surface area contributed by atoms with E-state index in [1.165, 1.54) is 11.7 Å². The van der Waals surface area contributed by atoms with Crippen LogP contribution in [0.3, 0.4) is 0 Å². The van der Waals surface area contributed by atoms with Gasteiger partial charge in [-0.1, -0.05) is 11.6 Å². The van der Waals surface area contributed by atoms with Crippen LogP contribution in [0.15, 0.2) is 27.9 Å². The molecule has 1 N–H and O–H groups in total. The molecule has 5 rings (SSSR count). The summed E-state index contributed by atoms with van der Waals surface area (Å²) in [7, 11) is 1.50. The van der Waals surface area contributed by atoms with Crippen molar-refractivity contribution in [2.45, 2.75) is 23.7 Å². The number of nitrogens with one attached hydrogen (secondary N) is 1. The molecule has 2 aromatic carbocycles. The van der Waals surface area contributed by atoms with E-state index in [1.54, 1.807) is 4.90 Å². The third-order valence-corrected chi connectivity index (χ3v) is 8.15. The Bertz CT molecular complexity index is 1460. The summed E-state index contributed by atoms with van der Waals surface area (Å²) in [5.41, 5.74) is -2.64. The highest BCUT2D eigenvalue weighted by Gasteiger charge is 2.39. The van der Waals surface area contributed by atoms with Crippen LogP contribution in [0.5, 0.6) is 0 Å². The Balaban J connectivity index is 1.84. The number of hydrogen-bond donors (Lipinski definition) is 1. The molecule has 2 aliphatic rings. The summed E-state index contributed by atoms with van der Waals surface area (Å²) >= 11 is 6.92. The number of piperazine rings is 1. The molecule has 0 bridgehead atoms. The maximum absolute atomic E-state index is 15.1. The maximum Gasteiger partial charge on any atom is 0.417 e. The summed E-state index contributed by atoms with van der Waals surface area (Å²) in [5.74, 6) is -2.02. The maximum atomic E-state index is 15.1. The summed E-state index contributed by atoms with van der Waals surface area (Å²) < 4.78 is 85.3. The van der Waals surface area contributed by atoms with Crippen molar-refractivity contribution in [2.75, 3.05) is 57.2 Å². The fourth-order valence-electron chi connectivity index (χ4n) is 4.86. The van der Waals surface area contributed by atoms with Crippen LogP contribution in [0.1, 0.15) is 5.56 Å². The molecular formula is C25H24ClF5N4O3S. The predicted octanol–water partition coefficient (Wildman–Crippen LogP) is 4.56. The number of hydrogen-bond acceptors (Lipinski definition) is 7. The van der Waals surface area contributed by atoms with Gasteiger partial charge in [-0.25, -0.2) is 13.6 Å². The minimum absolute atomic E-state index is 0.0192. The first-order valence-electron chi connectivity index (χ1n) is 12.1. The normalized spacial score (nSPS) is 18.0. The van der Waals surface area contributed by atoms with Crippen molar-refractivity contribution in [1.82, 2.24) is 14.9 Å². The van der Waals surface area contributed by atoms with E-state index >= 15 is 4.39 Å². The van der Waals surface area contributed by atoms with Crippen LogP contribution >= 0.6 is 23.4 Å². The van der Waals surface area contributed by atoms with Gasteiger partial charge in [0, 0.05) is 66.5 Å². The van der Waals surface area contributed by atoms with Crippen LogP contribution < -0.4 is 15.9 Å². The van der Waals surface area contributed by atoms with Gasteiger partial charge in [-0.05, 0) is 12.1 Å². The van der Waals surface area contributed by atoms with Gasteiger partial charge in [0.05, 0.1) is 42.0 Å². The van der Waals surface area contributed by atoms with Crippen molar-refractivity contribution < 1.29 is 31.4 Å². The fraction of sp³-hybridized carbons (Fsp3) is 0.440. The van der Waals surface area contributed by atoms with Gasteiger partial charge in [0.2, 0.25) is 0 Å². The highest BCUT2D eigenvalue weighted by Crippen LogP contribution is 2.49. The van der Waals surface area contributed by atoms with E-state index in [-0.39, 0.29) is 47.1 Å². The molecule has 1 fully saturated rings. The van der Waals surface area contributed by atoms with Gasteiger partial charge < -0.3 is 19.7 Å². The molecule has 3 heterocycles. The zero-order chi connectivity index (χ0) is 27.9. The van der Waals surface area contributed by atoms with Gasteiger partial charge in [0.15, 0.2) is 0 Å². The fourth-order valence-corrected chi connectivity index (χ4v) is 6.30. The average molecular weight is 591 g/mol. The molecule has 210 valence electrons. The number of anilines is 1. The summed E-state index contributed by atoms with van der Waals surface area (Å²) in [4.78, 5) is 19.4. The molecule has 1 saturated heterocycles. The summed E-state index contributed by atoms with van der Waals surface area (Å²) in [5, 5.41) is 2.75. The van der Waals surface area contributed by atoms with Crippen LogP contribution in [0.4, 0.5) is 27.8 Å². The Morgan fingerprint density at radius 3 is 2.59 bits per heavy atom. The molecular weight excluding hydrogens is 567 g/mol. The second-order valence-corrected chi connectivity index (χ2v) is 10.6. The van der Waals surface area contributed by atoms with Crippen LogP contribution in [-0.2, 0) is 22.2 Å². The standard InChI is InChI=1S/C25H24ClF5N4O3S/c1-37-6-7-38-13-11-35-21-15(23(33-24(35)36)34-4-2-32-3-5-34)8-16(25(29,30)31)20(22(21)39-12-13)14-9-17(26)19(28)10-18(14)27/h8-10,13,32H,2-7,11-12H2,1H3. The minimum Gasteiger partial charge on any atom is -0.382 e. The summed E-state index contributed by atoms with van der Waals surface area (Å²) in [6.45, 7) is 2.49. The Hall–Kier alpha value is -2.45. The van der Waals surface area contributed by atoms with Crippen molar-refractivity contribution in [3.8, 4) is 11.1 Å². The van der Waals surface area contributed by atoms with Crippen molar-refractivity contribution in [1.29, 1.82) is 0 Å². The zero-order valence-corrected chi connectivity index (χ0v) is 22.3. The molecule has 3 aromatic rings. The van der Waals surface area contributed by atoms with Crippen LogP contribution in [0.25, 0.3) is 22.0 Å².